The molecule has 0 saturated carbocycles. The Morgan fingerprint density at radius 1 is 1.18 bits per heavy atom. The summed E-state index contributed by atoms with van der Waals surface area (Å²) < 4.78 is 2.86. The van der Waals surface area contributed by atoms with Gasteiger partial charge in [-0.15, -0.1) is 0 Å². The van der Waals surface area contributed by atoms with Crippen LogP contribution < -0.4 is 4.72 Å². The molecule has 1 N–H and O–H groups in total. The molecule has 0 spiro atoms. The van der Waals surface area contributed by atoms with Crippen LogP contribution in [0.4, 0.5) is 0 Å². The van der Waals surface area contributed by atoms with E-state index in [0.717, 1.165) is 13.1 Å². The maximum atomic E-state index is 3.96. The van der Waals surface area contributed by atoms with E-state index in [9.17, 15) is 0 Å². The molecule has 0 aliphatic carbocycles. The average Bonchev–Trinajstić information content (AvgIpc) is 1.87. The monoisotopic (exact) mass is 176 g/mol. The minimum absolute atomic E-state index is 0.622. The molecule has 0 heterocycles. The Labute approximate surface area is 75.9 Å². The van der Waals surface area contributed by atoms with Gasteiger partial charge in [-0.05, 0) is 27.7 Å². The quantitative estimate of drug-likeness (QED) is 0.618. The molecule has 3 heteroatoms. The van der Waals surface area contributed by atoms with Gasteiger partial charge in [0, 0.05) is 25.2 Å². The molecule has 0 aliphatic rings. The fraction of sp³-hybridized carbons (Fsp3) is 1.00. The van der Waals surface area contributed by atoms with Gasteiger partial charge in [-0.1, -0.05) is 12.8 Å². The van der Waals surface area contributed by atoms with Crippen LogP contribution >= 0.6 is 12.8 Å². The van der Waals surface area contributed by atoms with Crippen molar-refractivity contribution >= 4 is 12.8 Å². The van der Waals surface area contributed by atoms with E-state index < -0.39 is 0 Å². The van der Waals surface area contributed by atoms with Gasteiger partial charge in [0.05, 0.1) is 0 Å². The topological polar surface area (TPSA) is 15.3 Å². The third kappa shape index (κ3) is 4.67. The molecule has 0 fully saturated rings. The van der Waals surface area contributed by atoms with Crippen molar-refractivity contribution in [2.45, 2.75) is 39.8 Å². The number of thiol groups is 1. The standard InChI is InChI=1S/C8H20N2S/c1-7(2)10(8(3)4)6-5-9-11/h7-9,11H,5-6H2,1-4H3. The Kier molecular flexibility index (Phi) is 6.01. The summed E-state index contributed by atoms with van der Waals surface area (Å²) in [5.41, 5.74) is 0. The highest BCUT2D eigenvalue weighted by Crippen LogP contribution is 2.02. The van der Waals surface area contributed by atoms with Crippen molar-refractivity contribution in [3.8, 4) is 0 Å². The summed E-state index contributed by atoms with van der Waals surface area (Å²) in [6, 6.07) is 1.24. The molecule has 0 radical (unpaired) electrons. The van der Waals surface area contributed by atoms with E-state index in [1.54, 1.807) is 0 Å². The Bertz CT molecular complexity index is 86.1. The van der Waals surface area contributed by atoms with Crippen LogP contribution in [0.3, 0.4) is 0 Å². The fourth-order valence-corrected chi connectivity index (χ4v) is 1.39. The molecule has 0 saturated heterocycles. The predicted molar refractivity (Wildman–Crippen MR) is 54.0 cm³/mol. The minimum atomic E-state index is 0.622. The Morgan fingerprint density at radius 2 is 1.64 bits per heavy atom. The maximum absolute atomic E-state index is 3.96. The van der Waals surface area contributed by atoms with Crippen LogP contribution in [0, 0.1) is 0 Å². The van der Waals surface area contributed by atoms with E-state index in [-0.39, 0.29) is 0 Å². The summed E-state index contributed by atoms with van der Waals surface area (Å²) in [6.07, 6.45) is 0. The van der Waals surface area contributed by atoms with Crippen LogP contribution in [0.15, 0.2) is 0 Å². The van der Waals surface area contributed by atoms with Gasteiger partial charge in [0.1, 0.15) is 0 Å². The van der Waals surface area contributed by atoms with Crippen LogP contribution in [-0.2, 0) is 0 Å². The van der Waals surface area contributed by atoms with Gasteiger partial charge in [-0.25, -0.2) is 0 Å². The lowest BCUT2D eigenvalue weighted by Crippen LogP contribution is -2.40. The molecular weight excluding hydrogens is 156 g/mol. The van der Waals surface area contributed by atoms with Gasteiger partial charge >= 0.3 is 0 Å². The van der Waals surface area contributed by atoms with Crippen molar-refractivity contribution in [3.63, 3.8) is 0 Å². The number of hydrogen-bond donors (Lipinski definition) is 2. The SMILES string of the molecule is CC(C)N(CCNS)C(C)C. The Balaban J connectivity index is 3.70. The maximum Gasteiger partial charge on any atom is 0.0184 e. The summed E-state index contributed by atoms with van der Waals surface area (Å²) in [7, 11) is 0. The first-order chi connectivity index (χ1) is 5.09. The van der Waals surface area contributed by atoms with Gasteiger partial charge < -0.3 is 0 Å². The van der Waals surface area contributed by atoms with Crippen LogP contribution in [-0.4, -0.2) is 30.1 Å². The normalized spacial score (nSPS) is 12.0. The highest BCUT2D eigenvalue weighted by molar-refractivity contribution is 7.78. The molecule has 0 aliphatic heterocycles. The van der Waals surface area contributed by atoms with E-state index in [2.05, 4.69) is 50.1 Å². The van der Waals surface area contributed by atoms with Crippen molar-refractivity contribution in [2.24, 2.45) is 0 Å². The molecule has 0 aromatic rings. The predicted octanol–water partition coefficient (Wildman–Crippen LogP) is 1.54. The molecule has 0 rings (SSSR count). The lowest BCUT2D eigenvalue weighted by Gasteiger charge is -2.30. The molecule has 0 aromatic carbocycles. The first kappa shape index (κ1) is 11.3. The first-order valence-corrected chi connectivity index (χ1v) is 4.67. The van der Waals surface area contributed by atoms with Crippen LogP contribution in [0.5, 0.6) is 0 Å². The van der Waals surface area contributed by atoms with Gasteiger partial charge in [0.25, 0.3) is 0 Å². The van der Waals surface area contributed by atoms with Gasteiger partial charge in [-0.3, -0.25) is 9.62 Å². The minimum Gasteiger partial charge on any atom is -0.297 e. The molecule has 0 unspecified atom stereocenters. The largest absolute Gasteiger partial charge is 0.297 e. The first-order valence-electron chi connectivity index (χ1n) is 4.22. The van der Waals surface area contributed by atoms with E-state index in [0.29, 0.717) is 12.1 Å². The lowest BCUT2D eigenvalue weighted by atomic mass is 10.2. The summed E-state index contributed by atoms with van der Waals surface area (Å²) in [5, 5.41) is 0. The fourth-order valence-electron chi connectivity index (χ4n) is 1.29. The van der Waals surface area contributed by atoms with Crippen molar-refractivity contribution in [2.75, 3.05) is 13.1 Å². The van der Waals surface area contributed by atoms with E-state index in [4.69, 9.17) is 0 Å². The second kappa shape index (κ2) is 5.86. The molecule has 0 aromatic heterocycles. The lowest BCUT2D eigenvalue weighted by molar-refractivity contribution is 0.179. The number of hydrogen-bond acceptors (Lipinski definition) is 3. The number of rotatable bonds is 5. The smallest absolute Gasteiger partial charge is 0.0184 e. The van der Waals surface area contributed by atoms with Gasteiger partial charge in [0.2, 0.25) is 0 Å². The second-order valence-corrected chi connectivity index (χ2v) is 3.65. The number of nitrogens with one attached hydrogen (secondary N) is 1. The molecular formula is C8H20N2S. The second-order valence-electron chi connectivity index (χ2n) is 3.33. The van der Waals surface area contributed by atoms with Crippen molar-refractivity contribution in [1.29, 1.82) is 0 Å². The van der Waals surface area contributed by atoms with Gasteiger partial charge in [-0.2, -0.15) is 0 Å². The van der Waals surface area contributed by atoms with Crippen molar-refractivity contribution in [1.82, 2.24) is 9.62 Å². The summed E-state index contributed by atoms with van der Waals surface area (Å²) in [4.78, 5) is 2.43. The molecule has 68 valence electrons. The summed E-state index contributed by atoms with van der Waals surface area (Å²) >= 11 is 3.96. The Morgan fingerprint density at radius 3 is 1.91 bits per heavy atom. The number of nitrogens with zero attached hydrogens (tertiary/aromatic N) is 1. The zero-order valence-electron chi connectivity index (χ0n) is 7.96. The molecule has 0 bridgehead atoms. The van der Waals surface area contributed by atoms with Crippen LogP contribution in [0.1, 0.15) is 27.7 Å². The average molecular weight is 176 g/mol. The third-order valence-corrected chi connectivity index (χ3v) is 2.03. The van der Waals surface area contributed by atoms with Crippen LogP contribution in [0.25, 0.3) is 0 Å². The van der Waals surface area contributed by atoms with E-state index in [1.807, 2.05) is 0 Å². The molecule has 0 atom stereocenters. The third-order valence-electron chi connectivity index (χ3n) is 1.81. The highest BCUT2D eigenvalue weighted by Gasteiger charge is 2.11. The van der Waals surface area contributed by atoms with Crippen molar-refractivity contribution < 1.29 is 0 Å². The highest BCUT2D eigenvalue weighted by atomic mass is 32.1. The van der Waals surface area contributed by atoms with E-state index in [1.165, 1.54) is 0 Å². The summed E-state index contributed by atoms with van der Waals surface area (Å²) in [5.74, 6) is 0. The van der Waals surface area contributed by atoms with Gasteiger partial charge in [0.15, 0.2) is 0 Å². The molecule has 2 nitrogen and oxygen atoms in total. The Hall–Kier alpha value is 0.270. The zero-order valence-corrected chi connectivity index (χ0v) is 8.86. The van der Waals surface area contributed by atoms with Crippen LogP contribution in [0.2, 0.25) is 0 Å². The molecule has 0 amide bonds. The van der Waals surface area contributed by atoms with Crippen molar-refractivity contribution in [3.05, 3.63) is 0 Å². The van der Waals surface area contributed by atoms with E-state index >= 15 is 0 Å². The molecule has 11 heavy (non-hydrogen) atoms. The summed E-state index contributed by atoms with van der Waals surface area (Å²) in [6.45, 7) is 10.9. The zero-order chi connectivity index (χ0) is 8.85.